The van der Waals surface area contributed by atoms with Gasteiger partial charge in [0.1, 0.15) is 6.04 Å². The summed E-state index contributed by atoms with van der Waals surface area (Å²) in [5, 5.41) is 3.87. The van der Waals surface area contributed by atoms with Gasteiger partial charge in [-0.25, -0.2) is 0 Å². The molecule has 188 valence electrons. The largest absolute Gasteiger partial charge is 0.352 e. The second-order valence-corrected chi connectivity index (χ2v) is 10.9. The van der Waals surface area contributed by atoms with Crippen LogP contribution >= 0.6 is 23.4 Å². The molecule has 36 heavy (non-hydrogen) atoms. The lowest BCUT2D eigenvalue weighted by Gasteiger charge is -2.32. The number of carbonyl (C=O) groups is 2. The van der Waals surface area contributed by atoms with Gasteiger partial charge in [-0.05, 0) is 48.2 Å². The molecule has 4 rings (SSSR count). The Bertz CT molecular complexity index is 1120. The van der Waals surface area contributed by atoms with Crippen molar-refractivity contribution < 1.29 is 9.59 Å². The molecule has 3 aromatic rings. The highest BCUT2D eigenvalue weighted by Gasteiger charge is 2.32. The minimum absolute atomic E-state index is 0.0269. The molecule has 0 aromatic heterocycles. The zero-order valence-corrected chi connectivity index (χ0v) is 22.0. The van der Waals surface area contributed by atoms with Crippen molar-refractivity contribution in [1.82, 2.24) is 10.2 Å². The zero-order chi connectivity index (χ0) is 25.2. The van der Waals surface area contributed by atoms with Crippen LogP contribution in [0.5, 0.6) is 0 Å². The van der Waals surface area contributed by atoms with Gasteiger partial charge in [-0.3, -0.25) is 9.59 Å². The maximum atomic E-state index is 13.7. The Morgan fingerprint density at radius 3 is 2.28 bits per heavy atom. The number of benzene rings is 3. The molecule has 1 fully saturated rings. The summed E-state index contributed by atoms with van der Waals surface area (Å²) >= 11 is 7.91. The first-order valence-electron chi connectivity index (χ1n) is 12.6. The molecule has 0 saturated heterocycles. The molecule has 6 heteroatoms. The summed E-state index contributed by atoms with van der Waals surface area (Å²) in [6.45, 7) is 0.338. The summed E-state index contributed by atoms with van der Waals surface area (Å²) in [4.78, 5) is 30.3. The van der Waals surface area contributed by atoms with Gasteiger partial charge in [0.2, 0.25) is 11.8 Å². The fraction of sp³-hybridized carbons (Fsp3) is 0.333. The van der Waals surface area contributed by atoms with Gasteiger partial charge in [-0.1, -0.05) is 85.1 Å². The predicted octanol–water partition coefficient (Wildman–Crippen LogP) is 6.52. The number of hydrogen-bond donors (Lipinski definition) is 1. The maximum Gasteiger partial charge on any atom is 0.243 e. The van der Waals surface area contributed by atoms with E-state index in [2.05, 4.69) is 5.32 Å². The third-order valence-corrected chi connectivity index (χ3v) is 7.79. The van der Waals surface area contributed by atoms with Crippen molar-refractivity contribution in [2.45, 2.75) is 62.0 Å². The standard InChI is InChI=1S/C30H33ClN2O2S/c31-25-13-9-12-24(20-25)22-33(29(34)18-19-36-27-16-5-2-6-17-27)28(21-23-10-3-1-4-11-23)30(35)32-26-14-7-8-15-26/h1-6,9-13,16-17,20,26,28H,7-8,14-15,18-19,21-22H2,(H,32,35)/t28-/m0/s1. The van der Waals surface area contributed by atoms with Gasteiger partial charge < -0.3 is 10.2 Å². The molecule has 0 spiro atoms. The molecular weight excluding hydrogens is 488 g/mol. The molecule has 0 aliphatic heterocycles. The number of amides is 2. The van der Waals surface area contributed by atoms with Crippen molar-refractivity contribution in [2.75, 3.05) is 5.75 Å². The van der Waals surface area contributed by atoms with Gasteiger partial charge in [0, 0.05) is 41.1 Å². The first kappa shape index (κ1) is 26.3. The molecule has 1 aliphatic rings. The highest BCUT2D eigenvalue weighted by atomic mass is 35.5. The van der Waals surface area contributed by atoms with Crippen LogP contribution in [0.2, 0.25) is 5.02 Å². The summed E-state index contributed by atoms with van der Waals surface area (Å²) in [5.74, 6) is 0.551. The van der Waals surface area contributed by atoms with E-state index in [0.717, 1.165) is 41.7 Å². The SMILES string of the molecule is O=C(NC1CCCC1)[C@H](Cc1ccccc1)N(Cc1cccc(Cl)c1)C(=O)CCSc1ccccc1. The van der Waals surface area contributed by atoms with Crippen LogP contribution < -0.4 is 5.32 Å². The topological polar surface area (TPSA) is 49.4 Å². The van der Waals surface area contributed by atoms with Crippen molar-refractivity contribution in [3.63, 3.8) is 0 Å². The number of nitrogens with one attached hydrogen (secondary N) is 1. The van der Waals surface area contributed by atoms with Gasteiger partial charge in [0.05, 0.1) is 0 Å². The van der Waals surface area contributed by atoms with E-state index in [1.54, 1.807) is 16.7 Å². The van der Waals surface area contributed by atoms with Crippen molar-refractivity contribution in [1.29, 1.82) is 0 Å². The lowest BCUT2D eigenvalue weighted by atomic mass is 10.0. The first-order valence-corrected chi connectivity index (χ1v) is 14.0. The van der Waals surface area contributed by atoms with Crippen LogP contribution in [0.4, 0.5) is 0 Å². The first-order chi connectivity index (χ1) is 17.6. The summed E-state index contributed by atoms with van der Waals surface area (Å²) in [5.41, 5.74) is 1.95. The van der Waals surface area contributed by atoms with Gasteiger partial charge in [0.25, 0.3) is 0 Å². The second kappa shape index (κ2) is 13.5. The highest BCUT2D eigenvalue weighted by Crippen LogP contribution is 2.23. The fourth-order valence-corrected chi connectivity index (χ4v) is 5.74. The van der Waals surface area contributed by atoms with Crippen LogP contribution in [0, 0.1) is 0 Å². The minimum atomic E-state index is -0.596. The average Bonchev–Trinajstić information content (AvgIpc) is 3.40. The van der Waals surface area contributed by atoms with Crippen LogP contribution in [0.1, 0.15) is 43.2 Å². The van der Waals surface area contributed by atoms with E-state index in [4.69, 9.17) is 11.6 Å². The number of thioether (sulfide) groups is 1. The molecule has 1 atom stereocenters. The smallest absolute Gasteiger partial charge is 0.243 e. The Hall–Kier alpha value is -2.76. The number of carbonyl (C=O) groups excluding carboxylic acids is 2. The molecule has 0 unspecified atom stereocenters. The van der Waals surface area contributed by atoms with Gasteiger partial charge in [-0.2, -0.15) is 0 Å². The molecule has 0 bridgehead atoms. The molecule has 4 nitrogen and oxygen atoms in total. The highest BCUT2D eigenvalue weighted by molar-refractivity contribution is 7.99. The van der Waals surface area contributed by atoms with Gasteiger partial charge in [-0.15, -0.1) is 11.8 Å². The molecule has 2 amide bonds. The third kappa shape index (κ3) is 7.87. The maximum absolute atomic E-state index is 13.7. The Morgan fingerprint density at radius 2 is 1.58 bits per heavy atom. The quantitative estimate of drug-likeness (QED) is 0.293. The summed E-state index contributed by atoms with van der Waals surface area (Å²) in [6.07, 6.45) is 5.09. The van der Waals surface area contributed by atoms with Crippen LogP contribution in [0.15, 0.2) is 89.8 Å². The molecule has 1 saturated carbocycles. The van der Waals surface area contributed by atoms with E-state index in [1.165, 1.54) is 0 Å². The lowest BCUT2D eigenvalue weighted by molar-refractivity contribution is -0.141. The lowest BCUT2D eigenvalue weighted by Crippen LogP contribution is -2.52. The van der Waals surface area contributed by atoms with Crippen molar-refractivity contribution in [2.24, 2.45) is 0 Å². The number of nitrogens with zero attached hydrogens (tertiary/aromatic N) is 1. The normalized spacial score (nSPS) is 14.4. The van der Waals surface area contributed by atoms with Crippen molar-refractivity contribution in [3.05, 3.63) is 101 Å². The van der Waals surface area contributed by atoms with Crippen molar-refractivity contribution in [3.8, 4) is 0 Å². The Kier molecular flexibility index (Phi) is 9.88. The van der Waals surface area contributed by atoms with Gasteiger partial charge >= 0.3 is 0 Å². The number of halogens is 1. The molecule has 0 radical (unpaired) electrons. The average molecular weight is 521 g/mol. The summed E-state index contributed by atoms with van der Waals surface area (Å²) in [7, 11) is 0. The Balaban J connectivity index is 1.56. The second-order valence-electron chi connectivity index (χ2n) is 9.26. The molecule has 1 N–H and O–H groups in total. The Morgan fingerprint density at radius 1 is 0.917 bits per heavy atom. The molecule has 1 aliphatic carbocycles. The minimum Gasteiger partial charge on any atom is -0.352 e. The molecule has 0 heterocycles. The van der Waals surface area contributed by atoms with E-state index in [-0.39, 0.29) is 17.9 Å². The fourth-order valence-electron chi connectivity index (χ4n) is 4.67. The molecular formula is C30H33ClN2O2S. The van der Waals surface area contributed by atoms with Crippen LogP contribution in [-0.4, -0.2) is 34.6 Å². The number of rotatable bonds is 11. The number of hydrogen-bond acceptors (Lipinski definition) is 3. The van der Waals surface area contributed by atoms with E-state index in [9.17, 15) is 9.59 Å². The van der Waals surface area contributed by atoms with E-state index < -0.39 is 6.04 Å². The summed E-state index contributed by atoms with van der Waals surface area (Å²) < 4.78 is 0. The van der Waals surface area contributed by atoms with E-state index >= 15 is 0 Å². The molecule has 3 aromatic carbocycles. The van der Waals surface area contributed by atoms with Crippen molar-refractivity contribution >= 4 is 35.2 Å². The summed E-state index contributed by atoms with van der Waals surface area (Å²) in [6, 6.07) is 27.1. The van der Waals surface area contributed by atoms with Crippen LogP contribution in [-0.2, 0) is 22.6 Å². The Labute approximate surface area is 223 Å². The zero-order valence-electron chi connectivity index (χ0n) is 20.4. The van der Waals surface area contributed by atoms with E-state index in [1.807, 2.05) is 84.9 Å². The van der Waals surface area contributed by atoms with Crippen LogP contribution in [0.3, 0.4) is 0 Å². The van der Waals surface area contributed by atoms with E-state index in [0.29, 0.717) is 30.2 Å². The predicted molar refractivity (Wildman–Crippen MR) is 148 cm³/mol. The van der Waals surface area contributed by atoms with Gasteiger partial charge in [0.15, 0.2) is 0 Å². The van der Waals surface area contributed by atoms with Crippen LogP contribution in [0.25, 0.3) is 0 Å². The monoisotopic (exact) mass is 520 g/mol. The third-order valence-electron chi connectivity index (χ3n) is 6.54.